The predicted octanol–water partition coefficient (Wildman–Crippen LogP) is 10.4. The van der Waals surface area contributed by atoms with Crippen LogP contribution in [0.15, 0.2) is 77.7 Å². The number of unbranched alkanes of at least 4 members (excludes halogenated alkanes) is 7. The molecule has 0 unspecified atom stereocenters. The minimum absolute atomic E-state index is 0.0353. The lowest BCUT2D eigenvalue weighted by atomic mass is 10.1. The maximum absolute atomic E-state index is 12.8. The average molecular weight is 533 g/mol. The third-order valence-electron chi connectivity index (χ3n) is 6.66. The second-order valence-electron chi connectivity index (χ2n) is 10.0. The first kappa shape index (κ1) is 29.8. The molecule has 0 fully saturated rings. The van der Waals surface area contributed by atoms with Crippen molar-refractivity contribution in [1.29, 1.82) is 0 Å². The molecule has 0 aliphatic carbocycles. The number of thioether (sulfide) groups is 1. The highest BCUT2D eigenvalue weighted by molar-refractivity contribution is 8.14. The van der Waals surface area contributed by atoms with Gasteiger partial charge in [-0.2, -0.15) is 0 Å². The minimum Gasteiger partial charge on any atom is -0.494 e. The van der Waals surface area contributed by atoms with Crippen molar-refractivity contribution in [3.05, 3.63) is 78.4 Å². The largest absolute Gasteiger partial charge is 0.494 e. The summed E-state index contributed by atoms with van der Waals surface area (Å²) in [5, 5.41) is 0.0353. The second kappa shape index (κ2) is 17.0. The quantitative estimate of drug-likeness (QED) is 0.128. The second-order valence-corrected chi connectivity index (χ2v) is 11.0. The normalized spacial score (nSPS) is 11.8. The molecule has 0 aliphatic rings. The molecule has 0 bridgehead atoms. The zero-order valence-corrected chi connectivity index (χ0v) is 24.2. The molecular weight excluding hydrogens is 488 g/mol. The first-order chi connectivity index (χ1) is 18.6. The molecule has 0 saturated heterocycles. The standard InChI is InChI=1S/C34H44O3S/c1-4-6-8-10-12-26-36-31-20-14-28(15-21-31)29-18-24-33(25-19-29)38-34(35)30-16-22-32(23-17-30)37-27(3)13-11-9-7-5-2/h14-25,27H,4-13,26H2,1-3H3/t27-/m0/s1. The summed E-state index contributed by atoms with van der Waals surface area (Å²) in [6.07, 6.45) is 12.4. The molecule has 3 aromatic rings. The summed E-state index contributed by atoms with van der Waals surface area (Å²) in [5.74, 6) is 1.74. The van der Waals surface area contributed by atoms with Gasteiger partial charge in [-0.1, -0.05) is 83.1 Å². The highest BCUT2D eigenvalue weighted by Gasteiger charge is 2.10. The van der Waals surface area contributed by atoms with E-state index in [1.165, 1.54) is 63.1 Å². The number of hydrogen-bond acceptors (Lipinski definition) is 4. The highest BCUT2D eigenvalue weighted by atomic mass is 32.2. The molecule has 1 atom stereocenters. The van der Waals surface area contributed by atoms with Crippen molar-refractivity contribution in [2.75, 3.05) is 6.61 Å². The Hall–Kier alpha value is -2.72. The lowest BCUT2D eigenvalue weighted by molar-refractivity contribution is 0.108. The van der Waals surface area contributed by atoms with Gasteiger partial charge in [-0.3, -0.25) is 4.79 Å². The Labute approximate surface area is 234 Å². The zero-order chi connectivity index (χ0) is 27.0. The third-order valence-corrected chi connectivity index (χ3v) is 7.59. The summed E-state index contributed by atoms with van der Waals surface area (Å²) < 4.78 is 11.9. The monoisotopic (exact) mass is 532 g/mol. The van der Waals surface area contributed by atoms with Crippen molar-refractivity contribution < 1.29 is 14.3 Å². The SMILES string of the molecule is CCCCCCCOc1ccc(-c2ccc(SC(=O)c3ccc(O[C@@H](C)CCCCCC)cc3)cc2)cc1. The molecule has 3 rings (SSSR count). The number of rotatable bonds is 17. The lowest BCUT2D eigenvalue weighted by Gasteiger charge is -2.14. The van der Waals surface area contributed by atoms with Crippen LogP contribution in [-0.4, -0.2) is 17.8 Å². The van der Waals surface area contributed by atoms with E-state index in [-0.39, 0.29) is 11.2 Å². The smallest absolute Gasteiger partial charge is 0.224 e. The van der Waals surface area contributed by atoms with Crippen LogP contribution in [0.3, 0.4) is 0 Å². The third kappa shape index (κ3) is 10.6. The van der Waals surface area contributed by atoms with Crippen LogP contribution in [0.25, 0.3) is 11.1 Å². The maximum atomic E-state index is 12.8. The zero-order valence-electron chi connectivity index (χ0n) is 23.4. The van der Waals surface area contributed by atoms with Crippen LogP contribution in [0, 0.1) is 0 Å². The Morgan fingerprint density at radius 3 is 1.87 bits per heavy atom. The Bertz CT molecular complexity index is 1060. The van der Waals surface area contributed by atoms with Gasteiger partial charge in [0.15, 0.2) is 0 Å². The molecule has 4 heteroatoms. The van der Waals surface area contributed by atoms with E-state index in [0.29, 0.717) is 5.56 Å². The molecule has 0 N–H and O–H groups in total. The fourth-order valence-corrected chi connectivity index (χ4v) is 5.08. The number of hydrogen-bond donors (Lipinski definition) is 0. The molecule has 0 heterocycles. The van der Waals surface area contributed by atoms with Crippen LogP contribution < -0.4 is 9.47 Å². The van der Waals surface area contributed by atoms with Crippen LogP contribution in [0.4, 0.5) is 0 Å². The van der Waals surface area contributed by atoms with Gasteiger partial charge in [-0.15, -0.1) is 0 Å². The van der Waals surface area contributed by atoms with E-state index < -0.39 is 0 Å². The maximum Gasteiger partial charge on any atom is 0.224 e. The van der Waals surface area contributed by atoms with E-state index >= 15 is 0 Å². The molecule has 0 amide bonds. The van der Waals surface area contributed by atoms with Crippen molar-refractivity contribution in [2.45, 2.75) is 96.0 Å². The summed E-state index contributed by atoms with van der Waals surface area (Å²) >= 11 is 1.25. The molecule has 3 nitrogen and oxygen atoms in total. The summed E-state index contributed by atoms with van der Waals surface area (Å²) in [7, 11) is 0. The summed E-state index contributed by atoms with van der Waals surface area (Å²) in [6, 6.07) is 23.9. The Kier molecular flexibility index (Phi) is 13.3. The van der Waals surface area contributed by atoms with Gasteiger partial charge in [0.1, 0.15) is 11.5 Å². The summed E-state index contributed by atoms with van der Waals surface area (Å²) in [6.45, 7) is 7.35. The Morgan fingerprint density at radius 2 is 1.24 bits per heavy atom. The number of benzene rings is 3. The molecule has 0 saturated carbocycles. The van der Waals surface area contributed by atoms with Crippen LogP contribution >= 0.6 is 11.8 Å². The van der Waals surface area contributed by atoms with E-state index in [0.717, 1.165) is 47.0 Å². The first-order valence-electron chi connectivity index (χ1n) is 14.4. The molecule has 204 valence electrons. The van der Waals surface area contributed by atoms with Gasteiger partial charge in [-0.25, -0.2) is 0 Å². The van der Waals surface area contributed by atoms with Gasteiger partial charge in [0.2, 0.25) is 5.12 Å². The van der Waals surface area contributed by atoms with Crippen molar-refractivity contribution in [3.8, 4) is 22.6 Å². The molecule has 3 aromatic carbocycles. The molecule has 38 heavy (non-hydrogen) atoms. The average Bonchev–Trinajstić information content (AvgIpc) is 2.94. The van der Waals surface area contributed by atoms with Crippen molar-refractivity contribution in [1.82, 2.24) is 0 Å². The molecule has 0 aliphatic heterocycles. The topological polar surface area (TPSA) is 35.5 Å². The van der Waals surface area contributed by atoms with Crippen LogP contribution in [0.5, 0.6) is 11.5 Å². The number of ether oxygens (including phenoxy) is 2. The number of carbonyl (C=O) groups excluding carboxylic acids is 1. The van der Waals surface area contributed by atoms with E-state index in [2.05, 4.69) is 45.0 Å². The van der Waals surface area contributed by atoms with Crippen molar-refractivity contribution in [2.24, 2.45) is 0 Å². The number of carbonyl (C=O) groups is 1. The van der Waals surface area contributed by atoms with Crippen molar-refractivity contribution in [3.63, 3.8) is 0 Å². The molecule has 0 aromatic heterocycles. The van der Waals surface area contributed by atoms with Gasteiger partial charge in [0, 0.05) is 10.5 Å². The fourth-order valence-electron chi connectivity index (χ4n) is 4.34. The van der Waals surface area contributed by atoms with Gasteiger partial charge in [0.05, 0.1) is 12.7 Å². The van der Waals surface area contributed by atoms with E-state index in [1.807, 2.05) is 48.5 Å². The van der Waals surface area contributed by atoms with E-state index in [1.54, 1.807) is 0 Å². The Morgan fingerprint density at radius 1 is 0.684 bits per heavy atom. The summed E-state index contributed by atoms with van der Waals surface area (Å²) in [5.41, 5.74) is 2.94. The van der Waals surface area contributed by atoms with Crippen LogP contribution in [-0.2, 0) is 0 Å². The van der Waals surface area contributed by atoms with Gasteiger partial charge < -0.3 is 9.47 Å². The molecular formula is C34H44O3S. The molecule has 0 radical (unpaired) electrons. The Balaban J connectivity index is 1.45. The first-order valence-corrected chi connectivity index (χ1v) is 15.2. The van der Waals surface area contributed by atoms with Gasteiger partial charge >= 0.3 is 0 Å². The minimum atomic E-state index is 0.0353. The van der Waals surface area contributed by atoms with Crippen LogP contribution in [0.2, 0.25) is 0 Å². The van der Waals surface area contributed by atoms with Gasteiger partial charge in [-0.05, 0) is 97.6 Å². The van der Waals surface area contributed by atoms with Crippen molar-refractivity contribution >= 4 is 16.9 Å². The molecule has 0 spiro atoms. The highest BCUT2D eigenvalue weighted by Crippen LogP contribution is 2.28. The predicted molar refractivity (Wildman–Crippen MR) is 162 cm³/mol. The van der Waals surface area contributed by atoms with E-state index in [9.17, 15) is 4.79 Å². The lowest BCUT2D eigenvalue weighted by Crippen LogP contribution is -2.11. The van der Waals surface area contributed by atoms with E-state index in [4.69, 9.17) is 9.47 Å². The van der Waals surface area contributed by atoms with Gasteiger partial charge in [0.25, 0.3) is 0 Å². The fraction of sp³-hybridized carbons (Fsp3) is 0.441. The van der Waals surface area contributed by atoms with Crippen LogP contribution in [0.1, 0.15) is 95.3 Å². The summed E-state index contributed by atoms with van der Waals surface area (Å²) in [4.78, 5) is 13.7.